The van der Waals surface area contributed by atoms with Crippen LogP contribution < -0.4 is 11.1 Å². The molecular formula is C21H22N2O4. The van der Waals surface area contributed by atoms with Gasteiger partial charge >= 0.3 is 0 Å². The van der Waals surface area contributed by atoms with E-state index in [9.17, 15) is 14.7 Å². The number of carbonyl (C=O) groups excluding carboxylic acids is 2. The van der Waals surface area contributed by atoms with Gasteiger partial charge < -0.3 is 21.3 Å². The maximum absolute atomic E-state index is 12.3. The van der Waals surface area contributed by atoms with Crippen molar-refractivity contribution in [3.8, 4) is 11.8 Å². The van der Waals surface area contributed by atoms with Crippen molar-refractivity contribution < 1.29 is 19.8 Å². The fourth-order valence-corrected chi connectivity index (χ4v) is 2.35. The molecule has 6 nitrogen and oxygen atoms in total. The number of nitrogens with two attached hydrogens (primary N) is 1. The summed E-state index contributed by atoms with van der Waals surface area (Å²) in [6, 6.07) is 12.6. The highest BCUT2D eigenvalue weighted by Gasteiger charge is 2.33. The third kappa shape index (κ3) is 5.68. The standard InChI is InChI=1S/C21H22N2O4/c1-21(2,27)18(19(22)25)23-20(26)17-11-9-15(10-12-17)4-3-14-5-7-16(13-24)8-6-14/h5-12,18,24,27H,13H2,1-2H3,(H2,22,25)(H,23,26). The number of hydrogen-bond acceptors (Lipinski definition) is 4. The molecule has 1 atom stereocenters. The monoisotopic (exact) mass is 366 g/mol. The van der Waals surface area contributed by atoms with E-state index in [0.29, 0.717) is 11.1 Å². The van der Waals surface area contributed by atoms with Gasteiger partial charge in [-0.05, 0) is 55.8 Å². The van der Waals surface area contributed by atoms with Crippen LogP contribution in [0.25, 0.3) is 0 Å². The van der Waals surface area contributed by atoms with Crippen molar-refractivity contribution in [1.82, 2.24) is 5.32 Å². The molecule has 0 bridgehead atoms. The topological polar surface area (TPSA) is 113 Å². The third-order valence-electron chi connectivity index (χ3n) is 3.90. The molecule has 1 unspecified atom stereocenters. The number of amides is 2. The van der Waals surface area contributed by atoms with Crippen LogP contribution in [0.15, 0.2) is 48.5 Å². The van der Waals surface area contributed by atoms with Gasteiger partial charge in [0, 0.05) is 16.7 Å². The Balaban J connectivity index is 2.09. The van der Waals surface area contributed by atoms with E-state index in [0.717, 1.165) is 11.1 Å². The van der Waals surface area contributed by atoms with Crippen molar-refractivity contribution >= 4 is 11.8 Å². The van der Waals surface area contributed by atoms with Crippen LogP contribution >= 0.6 is 0 Å². The van der Waals surface area contributed by atoms with Gasteiger partial charge in [-0.3, -0.25) is 9.59 Å². The SMILES string of the molecule is CC(C)(O)C(NC(=O)c1ccc(C#Cc2ccc(CO)cc2)cc1)C(N)=O. The summed E-state index contributed by atoms with van der Waals surface area (Å²) in [6.07, 6.45) is 0. The van der Waals surface area contributed by atoms with Crippen LogP contribution in [0.2, 0.25) is 0 Å². The van der Waals surface area contributed by atoms with Crippen molar-refractivity contribution in [3.63, 3.8) is 0 Å². The molecule has 0 saturated heterocycles. The number of benzene rings is 2. The molecule has 6 heteroatoms. The maximum Gasteiger partial charge on any atom is 0.252 e. The summed E-state index contributed by atoms with van der Waals surface area (Å²) < 4.78 is 0. The van der Waals surface area contributed by atoms with Crippen molar-refractivity contribution in [2.75, 3.05) is 0 Å². The molecule has 2 aromatic rings. The van der Waals surface area contributed by atoms with Gasteiger partial charge in [-0.25, -0.2) is 0 Å². The highest BCUT2D eigenvalue weighted by Crippen LogP contribution is 2.10. The molecule has 0 heterocycles. The summed E-state index contributed by atoms with van der Waals surface area (Å²) in [5.74, 6) is 4.66. The second-order valence-corrected chi connectivity index (χ2v) is 6.64. The largest absolute Gasteiger partial charge is 0.392 e. The van der Waals surface area contributed by atoms with E-state index in [1.165, 1.54) is 13.8 Å². The first kappa shape index (κ1) is 20.2. The van der Waals surface area contributed by atoms with Gasteiger partial charge in [0.05, 0.1) is 12.2 Å². The van der Waals surface area contributed by atoms with Gasteiger partial charge in [0.1, 0.15) is 6.04 Å². The summed E-state index contributed by atoms with van der Waals surface area (Å²) in [6.45, 7) is 2.78. The highest BCUT2D eigenvalue weighted by atomic mass is 16.3. The zero-order chi connectivity index (χ0) is 20.0. The van der Waals surface area contributed by atoms with E-state index in [1.807, 2.05) is 12.1 Å². The summed E-state index contributed by atoms with van der Waals surface area (Å²) in [4.78, 5) is 23.7. The van der Waals surface area contributed by atoms with Gasteiger partial charge in [0.15, 0.2) is 0 Å². The average molecular weight is 366 g/mol. The lowest BCUT2D eigenvalue weighted by Gasteiger charge is -2.27. The minimum atomic E-state index is -1.47. The average Bonchev–Trinajstić information content (AvgIpc) is 2.64. The number of carbonyl (C=O) groups is 2. The maximum atomic E-state index is 12.3. The lowest BCUT2D eigenvalue weighted by Crippen LogP contribution is -2.56. The lowest BCUT2D eigenvalue weighted by atomic mass is 9.98. The molecule has 2 rings (SSSR count). The van der Waals surface area contributed by atoms with E-state index in [2.05, 4.69) is 17.2 Å². The Morgan fingerprint density at radius 2 is 1.52 bits per heavy atom. The quantitative estimate of drug-likeness (QED) is 0.590. The van der Waals surface area contributed by atoms with Gasteiger partial charge in [0.25, 0.3) is 5.91 Å². The van der Waals surface area contributed by atoms with Gasteiger partial charge in [-0.1, -0.05) is 24.0 Å². The van der Waals surface area contributed by atoms with Crippen LogP contribution in [0.1, 0.15) is 40.9 Å². The van der Waals surface area contributed by atoms with Gasteiger partial charge in [-0.2, -0.15) is 0 Å². The molecule has 0 saturated carbocycles. The minimum absolute atomic E-state index is 0.0126. The van der Waals surface area contributed by atoms with Crippen molar-refractivity contribution in [2.24, 2.45) is 5.73 Å². The van der Waals surface area contributed by atoms with Crippen LogP contribution in [0.3, 0.4) is 0 Å². The van der Waals surface area contributed by atoms with E-state index in [-0.39, 0.29) is 6.61 Å². The number of primary amides is 1. The first-order valence-electron chi connectivity index (χ1n) is 8.35. The molecule has 0 aromatic heterocycles. The molecule has 0 radical (unpaired) electrons. The van der Waals surface area contributed by atoms with E-state index >= 15 is 0 Å². The third-order valence-corrected chi connectivity index (χ3v) is 3.90. The lowest BCUT2D eigenvalue weighted by molar-refractivity contribution is -0.125. The Bertz CT molecular complexity index is 870. The molecule has 140 valence electrons. The molecule has 2 amide bonds. The highest BCUT2D eigenvalue weighted by molar-refractivity contribution is 5.97. The Morgan fingerprint density at radius 3 is 1.93 bits per heavy atom. The predicted molar refractivity (Wildman–Crippen MR) is 102 cm³/mol. The molecule has 0 aliphatic heterocycles. The van der Waals surface area contributed by atoms with Crippen molar-refractivity contribution in [3.05, 3.63) is 70.8 Å². The molecule has 0 spiro atoms. The molecule has 0 aliphatic rings. The molecular weight excluding hydrogens is 344 g/mol. The van der Waals surface area contributed by atoms with Gasteiger partial charge in [-0.15, -0.1) is 0 Å². The number of rotatable bonds is 5. The van der Waals surface area contributed by atoms with Gasteiger partial charge in [0.2, 0.25) is 5.91 Å². The second-order valence-electron chi connectivity index (χ2n) is 6.64. The van der Waals surface area contributed by atoms with E-state index in [4.69, 9.17) is 10.8 Å². The Morgan fingerprint density at radius 1 is 1.04 bits per heavy atom. The summed E-state index contributed by atoms with van der Waals surface area (Å²) in [7, 11) is 0. The van der Waals surface area contributed by atoms with Crippen molar-refractivity contribution in [1.29, 1.82) is 0 Å². The van der Waals surface area contributed by atoms with Crippen LogP contribution in [-0.4, -0.2) is 33.7 Å². The van der Waals surface area contributed by atoms with Crippen LogP contribution in [0.4, 0.5) is 0 Å². The molecule has 5 N–H and O–H groups in total. The molecule has 0 aliphatic carbocycles. The first-order chi connectivity index (χ1) is 12.7. The molecule has 2 aromatic carbocycles. The Kier molecular flexibility index (Phi) is 6.35. The van der Waals surface area contributed by atoms with E-state index in [1.54, 1.807) is 36.4 Å². The number of aliphatic hydroxyl groups is 2. The fourth-order valence-electron chi connectivity index (χ4n) is 2.35. The predicted octanol–water partition coefficient (Wildman–Crippen LogP) is 0.933. The zero-order valence-electron chi connectivity index (χ0n) is 15.2. The van der Waals surface area contributed by atoms with Crippen molar-refractivity contribution in [2.45, 2.75) is 32.1 Å². The Labute approximate surface area is 158 Å². The van der Waals surface area contributed by atoms with Crippen LogP contribution in [0.5, 0.6) is 0 Å². The fraction of sp³-hybridized carbons (Fsp3) is 0.238. The first-order valence-corrected chi connectivity index (χ1v) is 8.35. The number of nitrogens with one attached hydrogen (secondary N) is 1. The Hall–Kier alpha value is -3.14. The summed E-state index contributed by atoms with van der Waals surface area (Å²) >= 11 is 0. The van der Waals surface area contributed by atoms with Crippen LogP contribution in [-0.2, 0) is 11.4 Å². The smallest absolute Gasteiger partial charge is 0.252 e. The number of aliphatic hydroxyl groups excluding tert-OH is 1. The minimum Gasteiger partial charge on any atom is -0.392 e. The second kappa shape index (κ2) is 8.49. The number of hydrogen-bond donors (Lipinski definition) is 4. The molecule has 27 heavy (non-hydrogen) atoms. The summed E-state index contributed by atoms with van der Waals surface area (Å²) in [5.41, 5.74) is 6.43. The van der Waals surface area contributed by atoms with Crippen LogP contribution in [0, 0.1) is 11.8 Å². The normalized spacial score (nSPS) is 11.9. The summed E-state index contributed by atoms with van der Waals surface area (Å²) in [5, 5.41) is 21.4. The zero-order valence-corrected chi connectivity index (χ0v) is 15.2. The molecule has 0 fully saturated rings. The van der Waals surface area contributed by atoms with E-state index < -0.39 is 23.5 Å².